The van der Waals surface area contributed by atoms with E-state index in [2.05, 4.69) is 25.8 Å². The third-order valence-electron chi connectivity index (χ3n) is 7.18. The van der Waals surface area contributed by atoms with Crippen molar-refractivity contribution in [2.24, 2.45) is 0 Å². The van der Waals surface area contributed by atoms with Crippen molar-refractivity contribution in [3.63, 3.8) is 0 Å². The van der Waals surface area contributed by atoms with Gasteiger partial charge in [0.2, 0.25) is 0 Å². The number of hydrogen-bond donors (Lipinski definition) is 1. The van der Waals surface area contributed by atoms with E-state index in [0.717, 1.165) is 28.9 Å². The molecule has 1 saturated heterocycles. The molecule has 1 amide bonds. The number of aryl methyl sites for hydroxylation is 1. The number of imidazole rings is 1. The maximum Gasteiger partial charge on any atom is 0.295 e. The molecule has 1 aromatic heterocycles. The second kappa shape index (κ2) is 9.54. The highest BCUT2D eigenvalue weighted by Gasteiger charge is 2.46. The number of likely N-dealkylation sites (tertiary alicyclic amines) is 1. The van der Waals surface area contributed by atoms with Gasteiger partial charge in [-0.1, -0.05) is 45.0 Å². The zero-order chi connectivity index (χ0) is 26.3. The lowest BCUT2D eigenvalue weighted by Crippen LogP contribution is -2.31. The normalized spacial score (nSPS) is 20.8. The summed E-state index contributed by atoms with van der Waals surface area (Å²) in [5.74, 6) is -0.605. The Hall–Kier alpha value is -3.87. The van der Waals surface area contributed by atoms with Crippen LogP contribution in [-0.4, -0.2) is 43.9 Å². The lowest BCUT2D eigenvalue weighted by molar-refractivity contribution is -0.139. The molecule has 7 heteroatoms. The second-order valence-corrected chi connectivity index (χ2v) is 11.0. The standard InChI is InChI=1S/C30H33N3O4/c1-19-16-22-17-21(8-11-24(22)37-19)27(34)25-26(20-6-9-23(10-7-20)30(2,3)4)33(29(36)28(25)35)14-5-13-32-15-12-31-18-32/h6-12,15,17-19,26,34H,5,13-14,16H2,1-4H3/t19-,26-/m1/s1. The Kier molecular flexibility index (Phi) is 6.40. The number of rotatable bonds is 6. The van der Waals surface area contributed by atoms with E-state index in [4.69, 9.17) is 4.74 Å². The van der Waals surface area contributed by atoms with Crippen LogP contribution >= 0.6 is 0 Å². The third-order valence-corrected chi connectivity index (χ3v) is 7.18. The molecule has 0 aliphatic carbocycles. The molecule has 3 heterocycles. The highest BCUT2D eigenvalue weighted by atomic mass is 16.5. The SMILES string of the molecule is C[C@@H]1Cc2cc(C(O)=C3C(=O)C(=O)N(CCCn4ccnc4)[C@@H]3c3ccc(C(C)(C)C)cc3)ccc2O1. The highest BCUT2D eigenvalue weighted by Crippen LogP contribution is 2.41. The van der Waals surface area contributed by atoms with Crippen LogP contribution < -0.4 is 4.74 Å². The molecule has 2 aliphatic rings. The molecular weight excluding hydrogens is 466 g/mol. The minimum Gasteiger partial charge on any atom is -0.507 e. The Morgan fingerprint density at radius 2 is 1.86 bits per heavy atom. The summed E-state index contributed by atoms with van der Waals surface area (Å²) >= 11 is 0. The summed E-state index contributed by atoms with van der Waals surface area (Å²) in [6, 6.07) is 12.8. The Morgan fingerprint density at radius 1 is 1.11 bits per heavy atom. The zero-order valence-electron chi connectivity index (χ0n) is 21.8. The second-order valence-electron chi connectivity index (χ2n) is 11.0. The van der Waals surface area contributed by atoms with Gasteiger partial charge in [0.25, 0.3) is 11.7 Å². The van der Waals surface area contributed by atoms with E-state index in [9.17, 15) is 14.7 Å². The first kappa shape index (κ1) is 24.8. The summed E-state index contributed by atoms with van der Waals surface area (Å²) < 4.78 is 7.73. The van der Waals surface area contributed by atoms with E-state index in [1.165, 1.54) is 0 Å². The molecule has 2 aliphatic heterocycles. The van der Waals surface area contributed by atoms with E-state index in [-0.39, 0.29) is 22.9 Å². The summed E-state index contributed by atoms with van der Waals surface area (Å²) in [6.07, 6.45) is 6.76. The van der Waals surface area contributed by atoms with E-state index < -0.39 is 17.7 Å². The van der Waals surface area contributed by atoms with Crippen molar-refractivity contribution in [2.75, 3.05) is 6.54 Å². The summed E-state index contributed by atoms with van der Waals surface area (Å²) in [5.41, 5.74) is 3.55. The summed E-state index contributed by atoms with van der Waals surface area (Å²) in [6.45, 7) is 9.46. The van der Waals surface area contributed by atoms with Crippen LogP contribution in [0.15, 0.2) is 66.8 Å². The van der Waals surface area contributed by atoms with Crippen LogP contribution in [0.5, 0.6) is 5.75 Å². The average molecular weight is 500 g/mol. The van der Waals surface area contributed by atoms with Gasteiger partial charge in [-0.25, -0.2) is 4.98 Å². The number of benzene rings is 2. The number of ketones is 1. The Labute approximate surface area is 217 Å². The molecule has 0 spiro atoms. The molecule has 2 atom stereocenters. The van der Waals surface area contributed by atoms with Gasteiger partial charge in [-0.15, -0.1) is 0 Å². The number of carbonyl (C=O) groups is 2. The minimum absolute atomic E-state index is 0.0330. The number of carbonyl (C=O) groups excluding carboxylic acids is 2. The van der Waals surface area contributed by atoms with Gasteiger partial charge in [0.05, 0.1) is 17.9 Å². The van der Waals surface area contributed by atoms with Gasteiger partial charge in [-0.3, -0.25) is 9.59 Å². The van der Waals surface area contributed by atoms with E-state index in [1.807, 2.05) is 54.1 Å². The molecule has 1 N–H and O–H groups in total. The van der Waals surface area contributed by atoms with Gasteiger partial charge >= 0.3 is 0 Å². The predicted molar refractivity (Wildman–Crippen MR) is 141 cm³/mol. The van der Waals surface area contributed by atoms with Crippen LogP contribution in [-0.2, 0) is 28.0 Å². The molecule has 2 aromatic carbocycles. The molecule has 1 fully saturated rings. The number of aliphatic hydroxyl groups excluding tert-OH is 1. The van der Waals surface area contributed by atoms with Crippen LogP contribution in [0.3, 0.4) is 0 Å². The van der Waals surface area contributed by atoms with Crippen molar-refractivity contribution in [3.8, 4) is 5.75 Å². The van der Waals surface area contributed by atoms with Crippen LogP contribution in [0.2, 0.25) is 0 Å². The van der Waals surface area contributed by atoms with E-state index in [1.54, 1.807) is 23.5 Å². The van der Waals surface area contributed by atoms with Crippen molar-refractivity contribution in [1.29, 1.82) is 0 Å². The number of amides is 1. The zero-order valence-corrected chi connectivity index (χ0v) is 21.8. The molecule has 5 rings (SSSR count). The number of Topliss-reactive ketones (excluding diaryl/α,β-unsaturated/α-hetero) is 1. The summed E-state index contributed by atoms with van der Waals surface area (Å²) in [5, 5.41) is 11.4. The van der Waals surface area contributed by atoms with Crippen molar-refractivity contribution >= 4 is 17.4 Å². The van der Waals surface area contributed by atoms with Crippen LogP contribution in [0.4, 0.5) is 0 Å². The van der Waals surface area contributed by atoms with Gasteiger partial charge in [-0.2, -0.15) is 0 Å². The topological polar surface area (TPSA) is 84.7 Å². The molecule has 37 heavy (non-hydrogen) atoms. The number of hydrogen-bond acceptors (Lipinski definition) is 5. The van der Waals surface area contributed by atoms with Crippen molar-refractivity contribution < 1.29 is 19.4 Å². The summed E-state index contributed by atoms with van der Waals surface area (Å²) in [4.78, 5) is 32.3. The quantitative estimate of drug-likeness (QED) is 0.293. The molecule has 0 radical (unpaired) electrons. The van der Waals surface area contributed by atoms with E-state index in [0.29, 0.717) is 25.1 Å². The molecule has 0 bridgehead atoms. The first-order valence-electron chi connectivity index (χ1n) is 12.8. The molecule has 3 aromatic rings. The molecule has 7 nitrogen and oxygen atoms in total. The lowest BCUT2D eigenvalue weighted by atomic mass is 9.85. The first-order chi connectivity index (χ1) is 17.6. The fourth-order valence-electron chi connectivity index (χ4n) is 5.19. The van der Waals surface area contributed by atoms with Crippen LogP contribution in [0, 0.1) is 0 Å². The number of aliphatic hydroxyl groups is 1. The van der Waals surface area contributed by atoms with Gasteiger partial charge < -0.3 is 19.3 Å². The number of ether oxygens (including phenoxy) is 1. The van der Waals surface area contributed by atoms with Gasteiger partial charge in [0.15, 0.2) is 0 Å². The molecule has 0 saturated carbocycles. The van der Waals surface area contributed by atoms with Gasteiger partial charge in [0, 0.05) is 37.5 Å². The monoisotopic (exact) mass is 499 g/mol. The first-order valence-corrected chi connectivity index (χ1v) is 12.8. The van der Waals surface area contributed by atoms with Crippen LogP contribution in [0.1, 0.15) is 62.4 Å². The maximum atomic E-state index is 13.4. The van der Waals surface area contributed by atoms with E-state index >= 15 is 0 Å². The van der Waals surface area contributed by atoms with Crippen molar-refractivity contribution in [1.82, 2.24) is 14.5 Å². The maximum absolute atomic E-state index is 13.4. The Bertz CT molecular complexity index is 1350. The molecular formula is C30H33N3O4. The smallest absolute Gasteiger partial charge is 0.295 e. The van der Waals surface area contributed by atoms with Crippen molar-refractivity contribution in [2.45, 2.75) is 64.6 Å². The Balaban J connectivity index is 1.54. The largest absolute Gasteiger partial charge is 0.507 e. The summed E-state index contributed by atoms with van der Waals surface area (Å²) in [7, 11) is 0. The molecule has 192 valence electrons. The average Bonchev–Trinajstić information content (AvgIpc) is 3.57. The van der Waals surface area contributed by atoms with Crippen LogP contribution in [0.25, 0.3) is 5.76 Å². The number of nitrogens with zero attached hydrogens (tertiary/aromatic N) is 3. The number of aromatic nitrogens is 2. The lowest BCUT2D eigenvalue weighted by Gasteiger charge is -2.26. The Morgan fingerprint density at radius 3 is 2.54 bits per heavy atom. The van der Waals surface area contributed by atoms with Gasteiger partial charge in [0.1, 0.15) is 17.6 Å². The minimum atomic E-state index is -0.666. The fourth-order valence-corrected chi connectivity index (χ4v) is 5.19. The van der Waals surface area contributed by atoms with Gasteiger partial charge in [-0.05, 0) is 53.6 Å². The molecule has 0 unspecified atom stereocenters. The predicted octanol–water partition coefficient (Wildman–Crippen LogP) is 5.02. The third kappa shape index (κ3) is 4.78. The number of fused-ring (bicyclic) bond motifs is 1. The fraction of sp³-hybridized carbons (Fsp3) is 0.367. The highest BCUT2D eigenvalue weighted by molar-refractivity contribution is 6.46. The van der Waals surface area contributed by atoms with Crippen molar-refractivity contribution in [3.05, 3.63) is 89.0 Å².